The summed E-state index contributed by atoms with van der Waals surface area (Å²) in [6, 6.07) is 8.66. The van der Waals surface area contributed by atoms with E-state index in [-0.39, 0.29) is 0 Å². The minimum Gasteiger partial charge on any atom is -0.379 e. The van der Waals surface area contributed by atoms with Crippen LogP contribution < -0.4 is 10.6 Å². The van der Waals surface area contributed by atoms with Crippen LogP contribution in [0.3, 0.4) is 0 Å². The molecule has 1 aliphatic rings. The van der Waals surface area contributed by atoms with E-state index in [1.807, 2.05) is 0 Å². The van der Waals surface area contributed by atoms with Crippen molar-refractivity contribution in [1.29, 1.82) is 0 Å². The van der Waals surface area contributed by atoms with Crippen molar-refractivity contribution in [2.24, 2.45) is 4.99 Å². The second-order valence-corrected chi connectivity index (χ2v) is 6.22. The number of hydrogen-bond acceptors (Lipinski definition) is 3. The molecule has 1 aromatic carbocycles. The second kappa shape index (κ2) is 11.0. The molecule has 134 valence electrons. The molecule has 0 amide bonds. The van der Waals surface area contributed by atoms with Gasteiger partial charge in [-0.3, -0.25) is 4.99 Å². The van der Waals surface area contributed by atoms with Gasteiger partial charge in [0.2, 0.25) is 0 Å². The fraction of sp³-hybridized carbons (Fsp3) is 0.632. The van der Waals surface area contributed by atoms with Gasteiger partial charge in [0.15, 0.2) is 5.96 Å². The van der Waals surface area contributed by atoms with Crippen LogP contribution in [0.2, 0.25) is 0 Å². The van der Waals surface area contributed by atoms with Crippen LogP contribution in [0.1, 0.15) is 30.4 Å². The summed E-state index contributed by atoms with van der Waals surface area (Å²) < 4.78 is 11.2. The number of aryl methyl sites for hydroxylation is 1. The van der Waals surface area contributed by atoms with Crippen LogP contribution in [0, 0.1) is 6.92 Å². The standard InChI is InChI=1S/C19H31N3O2/c1-16-6-8-17(9-7-16)10-12-22-19(20-2)21-11-4-13-23-15-18-5-3-14-24-18/h6-9,18H,3-5,10-15H2,1-2H3,(H2,20,21,22). The zero-order chi connectivity index (χ0) is 17.0. The van der Waals surface area contributed by atoms with E-state index < -0.39 is 0 Å². The lowest BCUT2D eigenvalue weighted by atomic mass is 10.1. The first-order valence-corrected chi connectivity index (χ1v) is 8.97. The highest BCUT2D eigenvalue weighted by atomic mass is 16.5. The van der Waals surface area contributed by atoms with E-state index >= 15 is 0 Å². The van der Waals surface area contributed by atoms with E-state index in [4.69, 9.17) is 9.47 Å². The van der Waals surface area contributed by atoms with Crippen molar-refractivity contribution < 1.29 is 9.47 Å². The second-order valence-electron chi connectivity index (χ2n) is 6.22. The lowest BCUT2D eigenvalue weighted by Gasteiger charge is -2.13. The molecule has 1 unspecified atom stereocenters. The maximum Gasteiger partial charge on any atom is 0.190 e. The summed E-state index contributed by atoms with van der Waals surface area (Å²) in [5, 5.41) is 6.67. The highest BCUT2D eigenvalue weighted by molar-refractivity contribution is 5.79. The van der Waals surface area contributed by atoms with E-state index in [9.17, 15) is 0 Å². The quantitative estimate of drug-likeness (QED) is 0.414. The predicted molar refractivity (Wildman–Crippen MR) is 98.7 cm³/mol. The molecule has 1 aliphatic heterocycles. The van der Waals surface area contributed by atoms with Gasteiger partial charge in [0.05, 0.1) is 12.7 Å². The van der Waals surface area contributed by atoms with Gasteiger partial charge >= 0.3 is 0 Å². The molecule has 2 rings (SSSR count). The molecular formula is C19H31N3O2. The van der Waals surface area contributed by atoms with Crippen molar-refractivity contribution in [3.8, 4) is 0 Å². The van der Waals surface area contributed by atoms with Crippen molar-refractivity contribution in [3.05, 3.63) is 35.4 Å². The number of guanidine groups is 1. The summed E-state index contributed by atoms with van der Waals surface area (Å²) in [6.45, 7) is 6.21. The fourth-order valence-corrected chi connectivity index (χ4v) is 2.67. The van der Waals surface area contributed by atoms with Crippen molar-refractivity contribution in [3.63, 3.8) is 0 Å². The van der Waals surface area contributed by atoms with Crippen LogP contribution in [0.15, 0.2) is 29.3 Å². The van der Waals surface area contributed by atoms with Gasteiger partial charge in [-0.15, -0.1) is 0 Å². The Labute approximate surface area is 145 Å². The van der Waals surface area contributed by atoms with Gasteiger partial charge in [0.25, 0.3) is 0 Å². The number of hydrogen-bond donors (Lipinski definition) is 2. The van der Waals surface area contributed by atoms with Gasteiger partial charge in [-0.2, -0.15) is 0 Å². The minimum absolute atomic E-state index is 0.314. The van der Waals surface area contributed by atoms with E-state index in [1.165, 1.54) is 17.5 Å². The monoisotopic (exact) mass is 333 g/mol. The Bertz CT molecular complexity index is 482. The van der Waals surface area contributed by atoms with Crippen LogP contribution in [0.25, 0.3) is 0 Å². The van der Waals surface area contributed by atoms with Crippen molar-refractivity contribution >= 4 is 5.96 Å². The Morgan fingerprint density at radius 2 is 2.04 bits per heavy atom. The summed E-state index contributed by atoms with van der Waals surface area (Å²) in [7, 11) is 1.80. The summed E-state index contributed by atoms with van der Waals surface area (Å²) in [6.07, 6.45) is 4.57. The van der Waals surface area contributed by atoms with Crippen LogP contribution in [-0.4, -0.2) is 52.0 Å². The molecule has 0 aliphatic carbocycles. The van der Waals surface area contributed by atoms with Gasteiger partial charge in [-0.25, -0.2) is 0 Å². The number of benzene rings is 1. The lowest BCUT2D eigenvalue weighted by Crippen LogP contribution is -2.39. The summed E-state index contributed by atoms with van der Waals surface area (Å²) in [5.74, 6) is 0.848. The zero-order valence-corrected chi connectivity index (χ0v) is 15.0. The normalized spacial score (nSPS) is 17.9. The van der Waals surface area contributed by atoms with E-state index in [1.54, 1.807) is 7.05 Å². The average molecular weight is 333 g/mol. The van der Waals surface area contributed by atoms with E-state index in [0.717, 1.165) is 58.1 Å². The molecule has 0 spiro atoms. The van der Waals surface area contributed by atoms with Crippen molar-refractivity contribution in [1.82, 2.24) is 10.6 Å². The molecule has 5 heteroatoms. The smallest absolute Gasteiger partial charge is 0.190 e. The largest absolute Gasteiger partial charge is 0.379 e. The van der Waals surface area contributed by atoms with E-state index in [2.05, 4.69) is 46.8 Å². The Hall–Kier alpha value is -1.59. The van der Waals surface area contributed by atoms with Crippen LogP contribution in [0.4, 0.5) is 0 Å². The maximum absolute atomic E-state index is 5.66. The molecule has 24 heavy (non-hydrogen) atoms. The van der Waals surface area contributed by atoms with Gasteiger partial charge in [-0.1, -0.05) is 29.8 Å². The first-order valence-electron chi connectivity index (χ1n) is 8.97. The van der Waals surface area contributed by atoms with Gasteiger partial charge < -0.3 is 20.1 Å². The Kier molecular flexibility index (Phi) is 8.63. The SMILES string of the molecule is CN=C(NCCCOCC1CCCO1)NCCc1ccc(C)cc1. The molecule has 0 bridgehead atoms. The maximum atomic E-state index is 5.66. The fourth-order valence-electron chi connectivity index (χ4n) is 2.67. The number of ether oxygens (including phenoxy) is 2. The Balaban J connectivity index is 1.49. The average Bonchev–Trinajstić information content (AvgIpc) is 3.11. The molecule has 1 fully saturated rings. The first kappa shape index (κ1) is 18.7. The molecule has 0 aromatic heterocycles. The minimum atomic E-state index is 0.314. The summed E-state index contributed by atoms with van der Waals surface area (Å²) >= 11 is 0. The predicted octanol–water partition coefficient (Wildman–Crippen LogP) is 2.29. The van der Waals surface area contributed by atoms with Crippen molar-refractivity contribution in [2.45, 2.75) is 38.7 Å². The van der Waals surface area contributed by atoms with Gasteiger partial charge in [-0.05, 0) is 38.2 Å². The first-order chi connectivity index (χ1) is 11.8. The van der Waals surface area contributed by atoms with Gasteiger partial charge in [0.1, 0.15) is 0 Å². The number of nitrogens with zero attached hydrogens (tertiary/aromatic N) is 1. The Morgan fingerprint density at radius 1 is 1.25 bits per heavy atom. The molecular weight excluding hydrogens is 302 g/mol. The molecule has 1 aromatic rings. The molecule has 1 atom stereocenters. The van der Waals surface area contributed by atoms with Gasteiger partial charge in [0, 0.05) is 33.4 Å². The third kappa shape index (κ3) is 7.32. The van der Waals surface area contributed by atoms with Crippen LogP contribution in [-0.2, 0) is 15.9 Å². The topological polar surface area (TPSA) is 54.9 Å². The lowest BCUT2D eigenvalue weighted by molar-refractivity contribution is 0.0168. The summed E-state index contributed by atoms with van der Waals surface area (Å²) in [4.78, 5) is 4.25. The third-order valence-corrected chi connectivity index (χ3v) is 4.14. The molecule has 1 heterocycles. The van der Waals surface area contributed by atoms with Crippen molar-refractivity contribution in [2.75, 3.05) is 40.0 Å². The molecule has 1 saturated heterocycles. The number of rotatable bonds is 9. The third-order valence-electron chi connectivity index (χ3n) is 4.14. The molecule has 5 nitrogen and oxygen atoms in total. The summed E-state index contributed by atoms with van der Waals surface area (Å²) in [5.41, 5.74) is 2.64. The van der Waals surface area contributed by atoms with E-state index in [0.29, 0.717) is 6.10 Å². The molecule has 0 radical (unpaired) electrons. The zero-order valence-electron chi connectivity index (χ0n) is 15.0. The number of aliphatic imine (C=N–C) groups is 1. The number of nitrogens with one attached hydrogen (secondary N) is 2. The van der Waals surface area contributed by atoms with Crippen LogP contribution in [0.5, 0.6) is 0 Å². The highest BCUT2D eigenvalue weighted by Crippen LogP contribution is 2.11. The molecule has 2 N–H and O–H groups in total. The highest BCUT2D eigenvalue weighted by Gasteiger charge is 2.14. The molecule has 0 saturated carbocycles. The Morgan fingerprint density at radius 3 is 2.75 bits per heavy atom. The van der Waals surface area contributed by atoms with Crippen LogP contribution >= 0.6 is 0 Å².